The first-order valence-corrected chi connectivity index (χ1v) is 5.10. The van der Waals surface area contributed by atoms with E-state index in [0.717, 1.165) is 5.56 Å². The minimum absolute atomic E-state index is 0.259. The summed E-state index contributed by atoms with van der Waals surface area (Å²) in [5, 5.41) is 8.84. The van der Waals surface area contributed by atoms with E-state index in [9.17, 15) is 0 Å². The standard InChI is InChI=1S/C13H11N3O/c1-9-3-2-4-11(7-9)17-13-12(15)10(8-14)5-6-16-13/h2-7H,15H2,1H3. The molecule has 0 aliphatic rings. The second kappa shape index (κ2) is 4.54. The summed E-state index contributed by atoms with van der Waals surface area (Å²) in [6, 6.07) is 11.1. The van der Waals surface area contributed by atoms with Gasteiger partial charge < -0.3 is 10.5 Å². The minimum atomic E-state index is 0.259. The van der Waals surface area contributed by atoms with Gasteiger partial charge >= 0.3 is 0 Å². The van der Waals surface area contributed by atoms with Crippen molar-refractivity contribution in [2.45, 2.75) is 6.92 Å². The molecule has 0 fully saturated rings. The summed E-state index contributed by atoms with van der Waals surface area (Å²) < 4.78 is 5.55. The first-order valence-electron chi connectivity index (χ1n) is 5.10. The predicted octanol–water partition coefficient (Wildman–Crippen LogP) is 2.64. The van der Waals surface area contributed by atoms with E-state index in [1.807, 2.05) is 37.3 Å². The number of ether oxygens (including phenoxy) is 1. The van der Waals surface area contributed by atoms with Crippen LogP contribution in [0.3, 0.4) is 0 Å². The second-order valence-electron chi connectivity index (χ2n) is 3.61. The van der Waals surface area contributed by atoms with Crippen molar-refractivity contribution in [3.63, 3.8) is 0 Å². The van der Waals surface area contributed by atoms with Gasteiger partial charge in [0.2, 0.25) is 5.88 Å². The Kier molecular flexibility index (Phi) is 2.93. The number of rotatable bonds is 2. The SMILES string of the molecule is Cc1cccc(Oc2nccc(C#N)c2N)c1. The average molecular weight is 225 g/mol. The van der Waals surface area contributed by atoms with Crippen LogP contribution in [0.5, 0.6) is 11.6 Å². The lowest BCUT2D eigenvalue weighted by Gasteiger charge is -2.08. The summed E-state index contributed by atoms with van der Waals surface area (Å²) in [5.41, 5.74) is 7.47. The number of aryl methyl sites for hydroxylation is 1. The molecule has 2 rings (SSSR count). The molecule has 2 aromatic rings. The quantitative estimate of drug-likeness (QED) is 0.852. The molecule has 1 aromatic heterocycles. The number of hydrogen-bond donors (Lipinski definition) is 1. The van der Waals surface area contributed by atoms with Crippen LogP contribution in [0.25, 0.3) is 0 Å². The summed E-state index contributed by atoms with van der Waals surface area (Å²) in [6.45, 7) is 1.97. The van der Waals surface area contributed by atoms with Crippen LogP contribution < -0.4 is 10.5 Å². The fourth-order valence-electron chi connectivity index (χ4n) is 1.42. The molecule has 2 N–H and O–H groups in total. The Labute approximate surface area is 99.3 Å². The summed E-state index contributed by atoms with van der Waals surface area (Å²) in [7, 11) is 0. The molecule has 1 heterocycles. The summed E-state index contributed by atoms with van der Waals surface area (Å²) >= 11 is 0. The van der Waals surface area contributed by atoms with Crippen LogP contribution in [0.2, 0.25) is 0 Å². The fourth-order valence-corrected chi connectivity index (χ4v) is 1.42. The normalized spacial score (nSPS) is 9.65. The molecule has 0 spiro atoms. The number of anilines is 1. The van der Waals surface area contributed by atoms with Gasteiger partial charge in [-0.05, 0) is 30.7 Å². The smallest absolute Gasteiger partial charge is 0.244 e. The third kappa shape index (κ3) is 2.34. The molecule has 4 nitrogen and oxygen atoms in total. The summed E-state index contributed by atoms with van der Waals surface area (Å²) in [4.78, 5) is 4.01. The van der Waals surface area contributed by atoms with Crippen molar-refractivity contribution in [3.8, 4) is 17.7 Å². The van der Waals surface area contributed by atoms with Gasteiger partial charge in [0.15, 0.2) is 0 Å². The van der Waals surface area contributed by atoms with E-state index in [0.29, 0.717) is 11.3 Å². The fraction of sp³-hybridized carbons (Fsp3) is 0.0769. The van der Waals surface area contributed by atoms with Crippen LogP contribution in [-0.4, -0.2) is 4.98 Å². The predicted molar refractivity (Wildman–Crippen MR) is 64.6 cm³/mol. The highest BCUT2D eigenvalue weighted by atomic mass is 16.5. The van der Waals surface area contributed by atoms with Crippen molar-refractivity contribution in [1.29, 1.82) is 5.26 Å². The maximum absolute atomic E-state index is 8.84. The van der Waals surface area contributed by atoms with E-state index in [-0.39, 0.29) is 11.6 Å². The van der Waals surface area contributed by atoms with E-state index in [4.69, 9.17) is 15.7 Å². The Morgan fingerprint density at radius 3 is 2.88 bits per heavy atom. The summed E-state index contributed by atoms with van der Waals surface area (Å²) in [5.74, 6) is 0.911. The molecule has 0 saturated heterocycles. The van der Waals surface area contributed by atoms with E-state index in [1.54, 1.807) is 6.07 Å². The van der Waals surface area contributed by atoms with Gasteiger partial charge in [0, 0.05) is 6.20 Å². The number of aromatic nitrogens is 1. The van der Waals surface area contributed by atoms with Crippen LogP contribution in [0, 0.1) is 18.3 Å². The lowest BCUT2D eigenvalue weighted by atomic mass is 10.2. The zero-order chi connectivity index (χ0) is 12.3. The van der Waals surface area contributed by atoms with E-state index in [2.05, 4.69) is 4.98 Å². The maximum Gasteiger partial charge on any atom is 0.244 e. The molecule has 1 aromatic carbocycles. The van der Waals surface area contributed by atoms with Gasteiger partial charge in [-0.25, -0.2) is 4.98 Å². The Balaban J connectivity index is 2.34. The highest BCUT2D eigenvalue weighted by molar-refractivity contribution is 5.60. The Morgan fingerprint density at radius 1 is 1.35 bits per heavy atom. The number of pyridine rings is 1. The monoisotopic (exact) mass is 225 g/mol. The lowest BCUT2D eigenvalue weighted by Crippen LogP contribution is -1.97. The van der Waals surface area contributed by atoms with Gasteiger partial charge in [-0.1, -0.05) is 12.1 Å². The molecule has 84 valence electrons. The summed E-state index contributed by atoms with van der Waals surface area (Å²) in [6.07, 6.45) is 1.50. The average Bonchev–Trinajstić information content (AvgIpc) is 2.32. The topological polar surface area (TPSA) is 71.9 Å². The van der Waals surface area contributed by atoms with Gasteiger partial charge in [-0.3, -0.25) is 0 Å². The van der Waals surface area contributed by atoms with Gasteiger partial charge in [-0.15, -0.1) is 0 Å². The van der Waals surface area contributed by atoms with Crippen molar-refractivity contribution in [3.05, 3.63) is 47.7 Å². The zero-order valence-electron chi connectivity index (χ0n) is 9.34. The first kappa shape index (κ1) is 11.0. The number of benzene rings is 1. The van der Waals surface area contributed by atoms with Crippen molar-refractivity contribution in [1.82, 2.24) is 4.98 Å². The Hall–Kier alpha value is -2.54. The van der Waals surface area contributed by atoms with Crippen LogP contribution in [0.4, 0.5) is 5.69 Å². The van der Waals surface area contributed by atoms with E-state index in [1.165, 1.54) is 6.20 Å². The third-order valence-electron chi connectivity index (χ3n) is 2.28. The van der Waals surface area contributed by atoms with Gasteiger partial charge in [0.25, 0.3) is 0 Å². The Morgan fingerprint density at radius 2 is 2.18 bits per heavy atom. The number of nitrogens with two attached hydrogens (primary N) is 1. The molecular formula is C13H11N3O. The van der Waals surface area contributed by atoms with Crippen molar-refractivity contribution >= 4 is 5.69 Å². The molecule has 0 saturated carbocycles. The molecule has 0 bridgehead atoms. The molecular weight excluding hydrogens is 214 g/mol. The molecule has 0 unspecified atom stereocenters. The van der Waals surface area contributed by atoms with Crippen LogP contribution in [0.1, 0.15) is 11.1 Å². The molecule has 0 aliphatic carbocycles. The highest BCUT2D eigenvalue weighted by Gasteiger charge is 2.08. The lowest BCUT2D eigenvalue weighted by molar-refractivity contribution is 0.465. The molecule has 0 amide bonds. The van der Waals surface area contributed by atoms with Crippen molar-refractivity contribution in [2.75, 3.05) is 5.73 Å². The molecule has 4 heteroatoms. The molecule has 17 heavy (non-hydrogen) atoms. The van der Waals surface area contributed by atoms with E-state index >= 15 is 0 Å². The molecule has 0 radical (unpaired) electrons. The van der Waals surface area contributed by atoms with Gasteiger partial charge in [-0.2, -0.15) is 5.26 Å². The first-order chi connectivity index (χ1) is 8.20. The number of nitriles is 1. The minimum Gasteiger partial charge on any atom is -0.437 e. The van der Waals surface area contributed by atoms with Gasteiger partial charge in [0.1, 0.15) is 17.5 Å². The highest BCUT2D eigenvalue weighted by Crippen LogP contribution is 2.27. The van der Waals surface area contributed by atoms with Gasteiger partial charge in [0.05, 0.1) is 5.56 Å². The zero-order valence-corrected chi connectivity index (χ0v) is 9.34. The maximum atomic E-state index is 8.84. The van der Waals surface area contributed by atoms with Crippen molar-refractivity contribution in [2.24, 2.45) is 0 Å². The van der Waals surface area contributed by atoms with E-state index < -0.39 is 0 Å². The number of nitrogen functional groups attached to an aromatic ring is 1. The van der Waals surface area contributed by atoms with Crippen LogP contribution in [0.15, 0.2) is 36.5 Å². The van der Waals surface area contributed by atoms with Crippen molar-refractivity contribution < 1.29 is 4.74 Å². The second-order valence-corrected chi connectivity index (χ2v) is 3.61. The molecule has 0 atom stereocenters. The third-order valence-corrected chi connectivity index (χ3v) is 2.28. The largest absolute Gasteiger partial charge is 0.437 e. The van der Waals surface area contributed by atoms with Crippen LogP contribution >= 0.6 is 0 Å². The number of hydrogen-bond acceptors (Lipinski definition) is 4. The Bertz CT molecular complexity index is 587. The van der Waals surface area contributed by atoms with Crippen LogP contribution in [-0.2, 0) is 0 Å². The number of nitrogens with zero attached hydrogens (tertiary/aromatic N) is 2. The molecule has 0 aliphatic heterocycles.